The summed E-state index contributed by atoms with van der Waals surface area (Å²) in [6.45, 7) is 1.80. The Bertz CT molecular complexity index is 460. The van der Waals surface area contributed by atoms with Crippen LogP contribution >= 0.6 is 0 Å². The van der Waals surface area contributed by atoms with Gasteiger partial charge in [0, 0.05) is 0 Å². The molecule has 7 heteroatoms. The van der Waals surface area contributed by atoms with Crippen molar-refractivity contribution in [1.29, 1.82) is 0 Å². The molecule has 1 aromatic carbocycles. The summed E-state index contributed by atoms with van der Waals surface area (Å²) in [6, 6.07) is 0.936. The summed E-state index contributed by atoms with van der Waals surface area (Å²) in [7, 11) is 0. The van der Waals surface area contributed by atoms with Crippen LogP contribution in [0.3, 0.4) is 0 Å². The molecule has 1 rings (SSSR count). The van der Waals surface area contributed by atoms with Gasteiger partial charge in [-0.25, -0.2) is 4.39 Å². The van der Waals surface area contributed by atoms with Gasteiger partial charge >= 0.3 is 6.18 Å². The van der Waals surface area contributed by atoms with Crippen LogP contribution in [-0.4, -0.2) is 11.9 Å². The quantitative estimate of drug-likeness (QED) is 0.832. The molecule has 0 saturated carbocycles. The van der Waals surface area contributed by atoms with Crippen molar-refractivity contribution in [3.63, 3.8) is 0 Å². The summed E-state index contributed by atoms with van der Waals surface area (Å²) in [5, 5.41) is 2.07. The summed E-state index contributed by atoms with van der Waals surface area (Å²) >= 11 is 0. The number of nitrogens with one attached hydrogen (secondary N) is 1. The Morgan fingerprint density at radius 3 is 2.58 bits per heavy atom. The van der Waals surface area contributed by atoms with Crippen molar-refractivity contribution in [2.45, 2.75) is 32.0 Å². The Morgan fingerprint density at radius 2 is 2.05 bits per heavy atom. The highest BCUT2D eigenvalue weighted by Crippen LogP contribution is 2.31. The van der Waals surface area contributed by atoms with Crippen LogP contribution in [0.25, 0.3) is 0 Å². The van der Waals surface area contributed by atoms with Crippen LogP contribution in [0.2, 0.25) is 0 Å². The molecule has 3 N–H and O–H groups in total. The third kappa shape index (κ3) is 4.20. The van der Waals surface area contributed by atoms with Gasteiger partial charge < -0.3 is 11.1 Å². The smallest absolute Gasteiger partial charge is 0.322 e. The van der Waals surface area contributed by atoms with Gasteiger partial charge in [0.05, 0.1) is 17.3 Å². The molecule has 106 valence electrons. The molecule has 1 aromatic rings. The zero-order valence-corrected chi connectivity index (χ0v) is 10.2. The van der Waals surface area contributed by atoms with Gasteiger partial charge in [0.15, 0.2) is 0 Å². The third-order valence-corrected chi connectivity index (χ3v) is 2.49. The highest BCUT2D eigenvalue weighted by Gasteiger charge is 2.31. The molecule has 1 unspecified atom stereocenters. The van der Waals surface area contributed by atoms with E-state index in [0.717, 1.165) is 0 Å². The van der Waals surface area contributed by atoms with Crippen molar-refractivity contribution < 1.29 is 22.4 Å². The fourth-order valence-electron chi connectivity index (χ4n) is 1.46. The first-order chi connectivity index (χ1) is 8.75. The van der Waals surface area contributed by atoms with Gasteiger partial charge in [-0.05, 0) is 24.6 Å². The number of anilines is 1. The normalized spacial score (nSPS) is 13.2. The summed E-state index contributed by atoms with van der Waals surface area (Å²) in [4.78, 5) is 11.5. The first-order valence-electron chi connectivity index (χ1n) is 5.69. The Hall–Kier alpha value is -1.63. The molecule has 3 nitrogen and oxygen atoms in total. The number of hydrogen-bond acceptors (Lipinski definition) is 2. The number of carbonyl (C=O) groups excluding carboxylic acids is 1. The average Bonchev–Trinajstić information content (AvgIpc) is 2.30. The molecule has 0 aliphatic carbocycles. The first-order valence-corrected chi connectivity index (χ1v) is 5.69. The van der Waals surface area contributed by atoms with E-state index in [-0.39, 0.29) is 0 Å². The molecule has 0 aromatic heterocycles. The van der Waals surface area contributed by atoms with Crippen molar-refractivity contribution in [3.05, 3.63) is 29.6 Å². The maximum Gasteiger partial charge on any atom is 0.416 e. The number of carbonyl (C=O) groups is 1. The molecule has 0 aliphatic heterocycles. The van der Waals surface area contributed by atoms with Crippen LogP contribution in [-0.2, 0) is 11.0 Å². The molecule has 0 radical (unpaired) electrons. The molecule has 19 heavy (non-hydrogen) atoms. The van der Waals surface area contributed by atoms with E-state index in [0.29, 0.717) is 31.0 Å². The van der Waals surface area contributed by atoms with E-state index >= 15 is 0 Å². The second kappa shape index (κ2) is 6.01. The maximum absolute atomic E-state index is 13.3. The van der Waals surface area contributed by atoms with Crippen LogP contribution in [0, 0.1) is 5.82 Å². The molecule has 0 bridgehead atoms. The van der Waals surface area contributed by atoms with Crippen LogP contribution < -0.4 is 11.1 Å². The molecule has 1 atom stereocenters. The lowest BCUT2D eigenvalue weighted by Gasteiger charge is -2.13. The highest BCUT2D eigenvalue weighted by atomic mass is 19.4. The Kier molecular flexibility index (Phi) is 4.88. The van der Waals surface area contributed by atoms with Crippen LogP contribution in [0.5, 0.6) is 0 Å². The lowest BCUT2D eigenvalue weighted by Crippen LogP contribution is -2.35. The zero-order chi connectivity index (χ0) is 14.6. The molecule has 1 amide bonds. The standard InChI is InChI=1S/C12H14F4N2O/c1-2-3-9(17)11(19)18-10-6-7(12(14,15)16)4-5-8(10)13/h4-6,9H,2-3,17H2,1H3,(H,18,19). The highest BCUT2D eigenvalue weighted by molar-refractivity contribution is 5.94. The number of halogens is 4. The minimum atomic E-state index is -4.60. The Morgan fingerprint density at radius 1 is 1.42 bits per heavy atom. The SMILES string of the molecule is CCCC(N)C(=O)Nc1cc(C(F)(F)F)ccc1F. The van der Waals surface area contributed by atoms with Gasteiger partial charge in [0.25, 0.3) is 0 Å². The maximum atomic E-state index is 13.3. The Labute approximate surface area is 107 Å². The lowest BCUT2D eigenvalue weighted by atomic mass is 10.1. The summed E-state index contributed by atoms with van der Waals surface area (Å²) in [6.07, 6.45) is -3.59. The summed E-state index contributed by atoms with van der Waals surface area (Å²) in [5.41, 5.74) is 3.94. The largest absolute Gasteiger partial charge is 0.416 e. The van der Waals surface area contributed by atoms with Crippen molar-refractivity contribution >= 4 is 11.6 Å². The monoisotopic (exact) mass is 278 g/mol. The van der Waals surface area contributed by atoms with Gasteiger partial charge in [-0.1, -0.05) is 13.3 Å². The van der Waals surface area contributed by atoms with Crippen LogP contribution in [0.15, 0.2) is 18.2 Å². The van der Waals surface area contributed by atoms with E-state index in [1.165, 1.54) is 0 Å². The molecule has 0 heterocycles. The minimum absolute atomic E-state index is 0.367. The number of amides is 1. The predicted molar refractivity (Wildman–Crippen MR) is 62.9 cm³/mol. The minimum Gasteiger partial charge on any atom is -0.322 e. The van der Waals surface area contributed by atoms with Gasteiger partial charge in [-0.2, -0.15) is 13.2 Å². The van der Waals surface area contributed by atoms with Crippen LogP contribution in [0.4, 0.5) is 23.2 Å². The van der Waals surface area contributed by atoms with E-state index < -0.39 is 35.2 Å². The number of alkyl halides is 3. The van der Waals surface area contributed by atoms with Crippen LogP contribution in [0.1, 0.15) is 25.3 Å². The average molecular weight is 278 g/mol. The van der Waals surface area contributed by atoms with E-state index in [2.05, 4.69) is 5.32 Å². The molecule has 0 saturated heterocycles. The molecular weight excluding hydrogens is 264 g/mol. The molecule has 0 aliphatic rings. The van der Waals surface area contributed by atoms with Crippen molar-refractivity contribution in [1.82, 2.24) is 0 Å². The molecule has 0 spiro atoms. The predicted octanol–water partition coefficient (Wildman–Crippen LogP) is 2.91. The summed E-state index contributed by atoms with van der Waals surface area (Å²) < 4.78 is 50.7. The van der Waals surface area contributed by atoms with Gasteiger partial charge in [-0.3, -0.25) is 4.79 Å². The number of benzene rings is 1. The third-order valence-electron chi connectivity index (χ3n) is 2.49. The van der Waals surface area contributed by atoms with Crippen molar-refractivity contribution in [2.24, 2.45) is 5.73 Å². The van der Waals surface area contributed by atoms with E-state index in [4.69, 9.17) is 5.73 Å². The fraction of sp³-hybridized carbons (Fsp3) is 0.417. The van der Waals surface area contributed by atoms with E-state index in [1.807, 2.05) is 0 Å². The van der Waals surface area contributed by atoms with E-state index in [9.17, 15) is 22.4 Å². The number of nitrogens with two attached hydrogens (primary N) is 1. The number of hydrogen-bond donors (Lipinski definition) is 2. The first kappa shape index (κ1) is 15.4. The van der Waals surface area contributed by atoms with Crippen molar-refractivity contribution in [2.75, 3.05) is 5.32 Å². The molecule has 0 fully saturated rings. The molecular formula is C12H14F4N2O. The van der Waals surface area contributed by atoms with E-state index in [1.54, 1.807) is 6.92 Å². The van der Waals surface area contributed by atoms with Gasteiger partial charge in [-0.15, -0.1) is 0 Å². The fourth-order valence-corrected chi connectivity index (χ4v) is 1.46. The second-order valence-corrected chi connectivity index (χ2v) is 4.08. The Balaban J connectivity index is 2.92. The van der Waals surface area contributed by atoms with Crippen molar-refractivity contribution in [3.8, 4) is 0 Å². The lowest BCUT2D eigenvalue weighted by molar-refractivity contribution is -0.137. The number of rotatable bonds is 4. The van der Waals surface area contributed by atoms with Gasteiger partial charge in [0.2, 0.25) is 5.91 Å². The zero-order valence-electron chi connectivity index (χ0n) is 10.2. The summed E-state index contributed by atoms with van der Waals surface area (Å²) in [5.74, 6) is -1.65. The van der Waals surface area contributed by atoms with Gasteiger partial charge in [0.1, 0.15) is 5.82 Å². The topological polar surface area (TPSA) is 55.1 Å². The second-order valence-electron chi connectivity index (χ2n) is 4.08.